The molecule has 244 valence electrons. The third-order valence-electron chi connectivity index (χ3n) is 6.86. The molecule has 4 nitrogen and oxygen atoms in total. The van der Waals surface area contributed by atoms with Gasteiger partial charge in [-0.2, -0.15) is 39.5 Å². The minimum absolute atomic E-state index is 0.175. The van der Waals surface area contributed by atoms with Crippen LogP contribution in [0.5, 0.6) is 17.2 Å². The van der Waals surface area contributed by atoms with E-state index in [4.69, 9.17) is 14.2 Å². The normalized spacial score (nSPS) is 12.5. The molecule has 0 aromatic heterocycles. The number of benzene rings is 4. The average molecular weight is 661 g/mol. The first-order valence-corrected chi connectivity index (χ1v) is 13.1. The van der Waals surface area contributed by atoms with Gasteiger partial charge in [0.15, 0.2) is 11.6 Å². The molecule has 46 heavy (non-hydrogen) atoms. The molecule has 0 amide bonds. The molecule has 0 aliphatic rings. The Morgan fingerprint density at radius 3 is 1.63 bits per heavy atom. The van der Waals surface area contributed by atoms with Crippen LogP contribution in [0.4, 0.5) is 43.9 Å². The van der Waals surface area contributed by atoms with Crippen LogP contribution in [0.1, 0.15) is 38.2 Å². The van der Waals surface area contributed by atoms with E-state index < -0.39 is 70.5 Å². The van der Waals surface area contributed by atoms with Crippen LogP contribution in [0, 0.1) is 19.7 Å². The fourth-order valence-corrected chi connectivity index (χ4v) is 4.67. The van der Waals surface area contributed by atoms with E-state index in [0.717, 1.165) is 18.2 Å². The Balaban J connectivity index is 1.62. The lowest BCUT2D eigenvalue weighted by Crippen LogP contribution is -2.54. The summed E-state index contributed by atoms with van der Waals surface area (Å²) in [6.07, 6.45) is -16.9. The minimum Gasteiger partial charge on any atom is -0.457 e. The summed E-state index contributed by atoms with van der Waals surface area (Å²) in [7, 11) is 0. The summed E-state index contributed by atoms with van der Waals surface area (Å²) < 4.78 is 157. The number of carbonyl (C=O) groups excluding carboxylic acids is 1. The van der Waals surface area contributed by atoms with Crippen molar-refractivity contribution in [2.45, 2.75) is 37.8 Å². The van der Waals surface area contributed by atoms with Crippen molar-refractivity contribution in [1.29, 1.82) is 0 Å². The van der Waals surface area contributed by atoms with E-state index in [1.54, 1.807) is 13.0 Å². The van der Waals surface area contributed by atoms with Crippen LogP contribution in [0.2, 0.25) is 0 Å². The van der Waals surface area contributed by atoms with Gasteiger partial charge in [-0.05, 0) is 79.1 Å². The van der Waals surface area contributed by atoms with Crippen LogP contribution in [0.3, 0.4) is 0 Å². The van der Waals surface area contributed by atoms with Gasteiger partial charge in [0.25, 0.3) is 0 Å². The topological polar surface area (TPSA) is 44.8 Å². The van der Waals surface area contributed by atoms with E-state index in [0.29, 0.717) is 48.0 Å². The molecule has 4 aromatic carbocycles. The van der Waals surface area contributed by atoms with Gasteiger partial charge in [-0.1, -0.05) is 42.0 Å². The van der Waals surface area contributed by atoms with Gasteiger partial charge in [-0.3, -0.25) is 0 Å². The summed E-state index contributed by atoms with van der Waals surface area (Å²) in [6.45, 7) is 2.37. The lowest BCUT2D eigenvalue weighted by molar-refractivity contribution is -0.288. The molecule has 0 saturated heterocycles. The van der Waals surface area contributed by atoms with Crippen LogP contribution >= 0.6 is 0 Å². The van der Waals surface area contributed by atoms with Crippen molar-refractivity contribution >= 4 is 5.97 Å². The summed E-state index contributed by atoms with van der Waals surface area (Å²) in [5, 5.41) is 0. The summed E-state index contributed by atoms with van der Waals surface area (Å²) in [5.74, 6) is -3.21. The molecular formula is C32H22F10O4. The zero-order valence-corrected chi connectivity index (χ0v) is 23.7. The number of alkyl halides is 9. The van der Waals surface area contributed by atoms with Crippen LogP contribution in [-0.4, -0.2) is 25.1 Å². The largest absolute Gasteiger partial charge is 0.457 e. The molecule has 0 radical (unpaired) electrons. The van der Waals surface area contributed by atoms with Gasteiger partial charge < -0.3 is 14.2 Å². The van der Waals surface area contributed by atoms with Gasteiger partial charge in [0.1, 0.15) is 11.5 Å². The van der Waals surface area contributed by atoms with Crippen molar-refractivity contribution in [1.82, 2.24) is 0 Å². The molecule has 4 aromatic rings. The molecule has 0 aliphatic heterocycles. The van der Waals surface area contributed by atoms with E-state index in [2.05, 4.69) is 0 Å². The fraction of sp³-hybridized carbons (Fsp3) is 0.219. The van der Waals surface area contributed by atoms with E-state index in [1.165, 1.54) is 25.1 Å². The molecule has 0 bridgehead atoms. The molecule has 0 N–H and O–H groups in total. The summed E-state index contributed by atoms with van der Waals surface area (Å²) in [5.41, 5.74) is -8.59. The molecule has 0 aliphatic carbocycles. The second-order valence-electron chi connectivity index (χ2n) is 10.1. The number of rotatable bonds is 8. The second-order valence-corrected chi connectivity index (χ2v) is 10.1. The SMILES string of the molecule is Cc1ccc(OCOc2ccc(C(c3ccc(OC(=O)c4ccc(C)cc4C(F)(F)F)cc3)(C(F)(F)F)C(F)(F)F)cc2)c(F)c1. The van der Waals surface area contributed by atoms with Gasteiger partial charge in [0.2, 0.25) is 12.2 Å². The first-order valence-electron chi connectivity index (χ1n) is 13.1. The summed E-state index contributed by atoms with van der Waals surface area (Å²) in [6, 6.07) is 11.6. The lowest BCUT2D eigenvalue weighted by Gasteiger charge is -2.38. The highest BCUT2D eigenvalue weighted by Gasteiger charge is 2.72. The quantitative estimate of drug-likeness (QED) is 0.0818. The maximum atomic E-state index is 14.5. The second kappa shape index (κ2) is 12.6. The standard InChI is InChI=1S/C32H22F10O4/c1-18-3-13-24(25(15-18)30(34,35)36)28(43)46-23-11-7-21(8-12-23)29(31(37,38)39,32(40,41)42)20-5-9-22(10-6-20)44-17-45-27-14-4-19(2)16-26(27)33/h3-16H,17H2,1-2H3. The van der Waals surface area contributed by atoms with E-state index in [9.17, 15) is 48.7 Å². The molecule has 0 fully saturated rings. The lowest BCUT2D eigenvalue weighted by atomic mass is 9.73. The highest BCUT2D eigenvalue weighted by Crippen LogP contribution is 2.56. The maximum Gasteiger partial charge on any atom is 0.417 e. The summed E-state index contributed by atoms with van der Waals surface area (Å²) >= 11 is 0. The van der Waals surface area contributed by atoms with Crippen molar-refractivity contribution in [3.05, 3.63) is 124 Å². The number of carbonyl (C=O) groups is 1. The van der Waals surface area contributed by atoms with Gasteiger partial charge >= 0.3 is 24.5 Å². The van der Waals surface area contributed by atoms with Gasteiger partial charge in [-0.15, -0.1) is 0 Å². The monoisotopic (exact) mass is 660 g/mol. The molecular weight excluding hydrogens is 638 g/mol. The smallest absolute Gasteiger partial charge is 0.417 e. The number of hydrogen-bond donors (Lipinski definition) is 0. The van der Waals surface area contributed by atoms with Gasteiger partial charge in [0, 0.05) is 0 Å². The first kappa shape index (κ1) is 34.1. The van der Waals surface area contributed by atoms with Crippen LogP contribution in [0.25, 0.3) is 0 Å². The first-order chi connectivity index (χ1) is 21.3. The predicted molar refractivity (Wildman–Crippen MR) is 144 cm³/mol. The average Bonchev–Trinajstić information content (AvgIpc) is 2.94. The Bertz CT molecular complexity index is 1680. The van der Waals surface area contributed by atoms with E-state index in [-0.39, 0.29) is 17.1 Å². The van der Waals surface area contributed by atoms with Crippen molar-refractivity contribution in [2.75, 3.05) is 6.79 Å². The third kappa shape index (κ3) is 6.90. The Kier molecular flexibility index (Phi) is 9.32. The van der Waals surface area contributed by atoms with Gasteiger partial charge in [-0.25, -0.2) is 9.18 Å². The zero-order chi connectivity index (χ0) is 34.1. The minimum atomic E-state index is -5.96. The number of hydrogen-bond acceptors (Lipinski definition) is 4. The van der Waals surface area contributed by atoms with E-state index in [1.807, 2.05) is 0 Å². The zero-order valence-electron chi connectivity index (χ0n) is 23.7. The van der Waals surface area contributed by atoms with Crippen molar-refractivity contribution in [3.63, 3.8) is 0 Å². The Morgan fingerprint density at radius 2 is 1.13 bits per heavy atom. The highest BCUT2D eigenvalue weighted by molar-refractivity contribution is 5.93. The molecule has 0 spiro atoms. The van der Waals surface area contributed by atoms with E-state index >= 15 is 0 Å². The number of halogens is 10. The third-order valence-corrected chi connectivity index (χ3v) is 6.86. The molecule has 4 rings (SSSR count). The molecule has 0 heterocycles. The number of aryl methyl sites for hydroxylation is 2. The Hall–Kier alpha value is -4.75. The van der Waals surface area contributed by atoms with Crippen LogP contribution < -0.4 is 14.2 Å². The van der Waals surface area contributed by atoms with Gasteiger partial charge in [0.05, 0.1) is 11.1 Å². The molecule has 0 unspecified atom stereocenters. The number of esters is 1. The van der Waals surface area contributed by atoms with Crippen molar-refractivity contribution < 1.29 is 62.9 Å². The van der Waals surface area contributed by atoms with Crippen molar-refractivity contribution in [2.24, 2.45) is 0 Å². The molecule has 0 saturated carbocycles. The van der Waals surface area contributed by atoms with Crippen molar-refractivity contribution in [3.8, 4) is 17.2 Å². The molecule has 14 heteroatoms. The maximum absolute atomic E-state index is 14.5. The molecule has 0 atom stereocenters. The van der Waals surface area contributed by atoms with Crippen LogP contribution in [-0.2, 0) is 11.6 Å². The fourth-order valence-electron chi connectivity index (χ4n) is 4.67. The highest BCUT2D eigenvalue weighted by atomic mass is 19.4. The predicted octanol–water partition coefficient (Wildman–Crippen LogP) is 9.51. The summed E-state index contributed by atoms with van der Waals surface area (Å²) in [4.78, 5) is 12.5. The number of ether oxygens (including phenoxy) is 3. The van der Waals surface area contributed by atoms with Crippen LogP contribution in [0.15, 0.2) is 84.9 Å². The Labute approximate surface area is 255 Å². The Morgan fingerprint density at radius 1 is 0.630 bits per heavy atom.